The molecule has 0 unspecified atom stereocenters. The molecule has 0 bridgehead atoms. The van der Waals surface area contributed by atoms with Crippen LogP contribution in [0.2, 0.25) is 5.28 Å². The highest BCUT2D eigenvalue weighted by atomic mass is 35.5. The summed E-state index contributed by atoms with van der Waals surface area (Å²) in [4.78, 5) is 15.1. The van der Waals surface area contributed by atoms with E-state index in [-0.39, 0.29) is 5.28 Å². The number of nitrogens with zero attached hydrogens (tertiary/aromatic N) is 2. The van der Waals surface area contributed by atoms with E-state index in [4.69, 9.17) is 11.6 Å². The topological polar surface area (TPSA) is 51.7 Å². The zero-order chi connectivity index (χ0) is 10.6. The summed E-state index contributed by atoms with van der Waals surface area (Å²) >= 11 is 5.54. The molecule has 0 aliphatic heterocycles. The quantitative estimate of drug-likeness (QED) is 0.681. The molecule has 0 saturated carbocycles. The Kier molecular flexibility index (Phi) is 3.59. The lowest BCUT2D eigenvalue weighted by Crippen LogP contribution is -2.21. The minimum Gasteiger partial charge on any atom is -0.208 e. The SMILES string of the molecule is CC.O=[n+]1[nH]c(Cl)nc2ccccc21. The number of hydrogen-bond donors (Lipinski definition) is 1. The van der Waals surface area contributed by atoms with E-state index in [1.165, 1.54) is 0 Å². The molecule has 0 radical (unpaired) electrons. The maximum absolute atomic E-state index is 11.1. The number of para-hydroxylation sites is 2. The van der Waals surface area contributed by atoms with E-state index >= 15 is 0 Å². The Bertz CT molecular complexity index is 481. The van der Waals surface area contributed by atoms with Crippen molar-refractivity contribution in [1.29, 1.82) is 0 Å². The largest absolute Gasteiger partial charge is 0.317 e. The molecule has 0 saturated heterocycles. The van der Waals surface area contributed by atoms with E-state index in [0.717, 1.165) is 0 Å². The summed E-state index contributed by atoms with van der Waals surface area (Å²) in [6, 6.07) is 6.96. The molecule has 0 fully saturated rings. The molecule has 5 heteroatoms. The zero-order valence-corrected chi connectivity index (χ0v) is 8.75. The predicted octanol–water partition coefficient (Wildman–Crippen LogP) is 2.16. The summed E-state index contributed by atoms with van der Waals surface area (Å²) in [6.45, 7) is 4.00. The molecule has 0 spiro atoms. The van der Waals surface area contributed by atoms with Crippen molar-refractivity contribution in [3.8, 4) is 0 Å². The smallest absolute Gasteiger partial charge is 0.208 e. The van der Waals surface area contributed by atoms with Gasteiger partial charge in [0.1, 0.15) is 5.52 Å². The van der Waals surface area contributed by atoms with Crippen molar-refractivity contribution in [2.24, 2.45) is 0 Å². The molecule has 2 aromatic rings. The minimum absolute atomic E-state index is 0.0868. The second-order valence-corrected chi connectivity index (χ2v) is 2.66. The molecule has 74 valence electrons. The van der Waals surface area contributed by atoms with Crippen molar-refractivity contribution < 1.29 is 4.54 Å². The first-order chi connectivity index (χ1) is 6.77. The maximum atomic E-state index is 11.1. The standard InChI is InChI=1S/C7H5ClN3O.C2H6/c8-7-9-5-3-1-2-4-6(5)11(12)10-7;1-2/h1-4H,(H,9,10,12);1-2H3/q+1;. The van der Waals surface area contributed by atoms with Crippen LogP contribution in [0.4, 0.5) is 0 Å². The van der Waals surface area contributed by atoms with Crippen molar-refractivity contribution in [2.45, 2.75) is 13.8 Å². The second-order valence-electron chi connectivity index (χ2n) is 2.30. The van der Waals surface area contributed by atoms with Crippen LogP contribution in [0.1, 0.15) is 13.8 Å². The van der Waals surface area contributed by atoms with Gasteiger partial charge in [0.05, 0.1) is 4.91 Å². The van der Waals surface area contributed by atoms with E-state index in [1.54, 1.807) is 24.3 Å². The zero-order valence-electron chi connectivity index (χ0n) is 7.99. The third-order valence-electron chi connectivity index (χ3n) is 1.51. The predicted molar refractivity (Wildman–Crippen MR) is 55.8 cm³/mol. The van der Waals surface area contributed by atoms with Crippen LogP contribution in [-0.2, 0) is 0 Å². The summed E-state index contributed by atoms with van der Waals surface area (Å²) in [6.07, 6.45) is 0. The number of halogens is 1. The number of fused-ring (bicyclic) bond motifs is 1. The van der Waals surface area contributed by atoms with Crippen molar-refractivity contribution in [3.63, 3.8) is 0 Å². The van der Waals surface area contributed by atoms with Crippen LogP contribution in [0.5, 0.6) is 0 Å². The monoisotopic (exact) mass is 212 g/mol. The van der Waals surface area contributed by atoms with E-state index in [0.29, 0.717) is 15.6 Å². The van der Waals surface area contributed by atoms with Crippen molar-refractivity contribution >= 4 is 22.6 Å². The fraction of sp³-hybridized carbons (Fsp3) is 0.222. The third kappa shape index (κ3) is 2.09. The van der Waals surface area contributed by atoms with Gasteiger partial charge >= 0.3 is 5.52 Å². The van der Waals surface area contributed by atoms with Gasteiger partial charge in [0.15, 0.2) is 4.54 Å². The summed E-state index contributed by atoms with van der Waals surface area (Å²) < 4.78 is 0.588. The number of aromatic amines is 1. The summed E-state index contributed by atoms with van der Waals surface area (Å²) in [7, 11) is 0. The van der Waals surface area contributed by atoms with E-state index in [1.807, 2.05) is 13.8 Å². The van der Waals surface area contributed by atoms with Crippen molar-refractivity contribution in [3.05, 3.63) is 34.5 Å². The lowest BCUT2D eigenvalue weighted by atomic mass is 10.3. The molecule has 1 aromatic carbocycles. The summed E-state index contributed by atoms with van der Waals surface area (Å²) in [5.74, 6) is 0. The van der Waals surface area contributed by atoms with E-state index in [2.05, 4.69) is 10.1 Å². The Balaban J connectivity index is 0.000000461. The number of aromatic nitrogens is 3. The van der Waals surface area contributed by atoms with E-state index in [9.17, 15) is 4.91 Å². The number of rotatable bonds is 0. The molecule has 0 aliphatic rings. The Morgan fingerprint density at radius 1 is 1.36 bits per heavy atom. The molecular weight excluding hydrogens is 202 g/mol. The van der Waals surface area contributed by atoms with Crippen molar-refractivity contribution in [1.82, 2.24) is 10.1 Å². The number of H-pyrrole nitrogens is 1. The van der Waals surface area contributed by atoms with Gasteiger partial charge in [-0.05, 0) is 17.7 Å². The van der Waals surface area contributed by atoms with Gasteiger partial charge < -0.3 is 0 Å². The lowest BCUT2D eigenvalue weighted by molar-refractivity contribution is -0.536. The van der Waals surface area contributed by atoms with Gasteiger partial charge in [0.25, 0.3) is 5.28 Å². The fourth-order valence-corrected chi connectivity index (χ4v) is 1.17. The fourth-order valence-electron chi connectivity index (χ4n) is 1.01. The summed E-state index contributed by atoms with van der Waals surface area (Å²) in [5, 5.41) is 2.42. The normalized spacial score (nSPS) is 9.36. The molecule has 0 amide bonds. The Morgan fingerprint density at radius 3 is 2.71 bits per heavy atom. The van der Waals surface area contributed by atoms with Crippen LogP contribution in [0.25, 0.3) is 11.0 Å². The van der Waals surface area contributed by atoms with Crippen LogP contribution in [-0.4, -0.2) is 10.1 Å². The van der Waals surface area contributed by atoms with Gasteiger partial charge in [-0.25, -0.2) is 4.98 Å². The first kappa shape index (κ1) is 10.7. The highest BCUT2D eigenvalue weighted by Crippen LogP contribution is 2.06. The van der Waals surface area contributed by atoms with Gasteiger partial charge in [0, 0.05) is 6.07 Å². The molecule has 2 rings (SSSR count). The lowest BCUT2D eigenvalue weighted by Gasteiger charge is -1.87. The van der Waals surface area contributed by atoms with E-state index < -0.39 is 0 Å². The molecular formula is C9H11ClN3O+. The molecule has 1 aromatic heterocycles. The average molecular weight is 213 g/mol. The molecule has 1 N–H and O–H groups in total. The maximum Gasteiger partial charge on any atom is 0.317 e. The Morgan fingerprint density at radius 2 is 2.00 bits per heavy atom. The van der Waals surface area contributed by atoms with Gasteiger partial charge in [-0.2, -0.15) is 0 Å². The highest BCUT2D eigenvalue weighted by Gasteiger charge is 2.07. The van der Waals surface area contributed by atoms with Crippen LogP contribution >= 0.6 is 11.6 Å². The third-order valence-corrected chi connectivity index (χ3v) is 1.68. The number of nitrogens with one attached hydrogen (secondary N) is 1. The van der Waals surface area contributed by atoms with Gasteiger partial charge in [-0.3, -0.25) is 0 Å². The highest BCUT2D eigenvalue weighted by molar-refractivity contribution is 6.28. The molecule has 1 heterocycles. The average Bonchev–Trinajstić information content (AvgIpc) is 2.20. The Hall–Kier alpha value is -1.42. The van der Waals surface area contributed by atoms with Gasteiger partial charge in [0.2, 0.25) is 0 Å². The number of benzene rings is 1. The second kappa shape index (κ2) is 4.72. The van der Waals surface area contributed by atoms with Crippen LogP contribution in [0.15, 0.2) is 24.3 Å². The van der Waals surface area contributed by atoms with Gasteiger partial charge in [-0.15, -0.1) is 0 Å². The first-order valence-corrected chi connectivity index (χ1v) is 4.72. The van der Waals surface area contributed by atoms with Crippen LogP contribution < -0.4 is 4.54 Å². The van der Waals surface area contributed by atoms with Gasteiger partial charge in [-0.1, -0.05) is 31.1 Å². The molecule has 0 aliphatic carbocycles. The molecule has 0 atom stereocenters. The molecule has 4 nitrogen and oxygen atoms in total. The van der Waals surface area contributed by atoms with Crippen LogP contribution in [0.3, 0.4) is 0 Å². The van der Waals surface area contributed by atoms with Crippen LogP contribution in [0, 0.1) is 4.91 Å². The number of hydrogen-bond acceptors (Lipinski definition) is 2. The minimum atomic E-state index is 0.0868. The first-order valence-electron chi connectivity index (χ1n) is 4.34. The summed E-state index contributed by atoms with van der Waals surface area (Å²) in [5.41, 5.74) is 1.05. The Labute approximate surface area is 86.1 Å². The molecule has 14 heavy (non-hydrogen) atoms. The van der Waals surface area contributed by atoms with Crippen molar-refractivity contribution in [2.75, 3.05) is 0 Å².